The molecule has 5 rings (SSSR count). The SMILES string of the molecule is CCC1=NN2C(=N)C(=Cc3c(C)n(Cc4ccc(F)cc4)c4ccccc34)C(=O)N=C2S1. The van der Waals surface area contributed by atoms with E-state index >= 15 is 0 Å². The number of hydrogen-bond donors (Lipinski definition) is 1. The van der Waals surface area contributed by atoms with Gasteiger partial charge in [0.25, 0.3) is 5.91 Å². The number of nitrogens with one attached hydrogen (secondary N) is 1. The number of carbonyl (C=O) groups is 1. The fourth-order valence-corrected chi connectivity index (χ4v) is 4.76. The number of hydrazone groups is 1. The maximum absolute atomic E-state index is 13.3. The Morgan fingerprint density at radius 2 is 1.91 bits per heavy atom. The first-order chi connectivity index (χ1) is 15.5. The summed E-state index contributed by atoms with van der Waals surface area (Å²) in [6, 6.07) is 14.4. The van der Waals surface area contributed by atoms with E-state index in [-0.39, 0.29) is 17.2 Å². The Morgan fingerprint density at radius 3 is 2.66 bits per heavy atom. The molecule has 0 saturated heterocycles. The third kappa shape index (κ3) is 3.36. The smallest absolute Gasteiger partial charge is 0.283 e. The predicted octanol–water partition coefficient (Wildman–Crippen LogP) is 5.17. The lowest BCUT2D eigenvalue weighted by atomic mass is 10.1. The van der Waals surface area contributed by atoms with Gasteiger partial charge in [0.2, 0.25) is 5.17 Å². The van der Waals surface area contributed by atoms with Crippen LogP contribution in [0.15, 0.2) is 64.2 Å². The Bertz CT molecular complexity index is 1370. The van der Waals surface area contributed by atoms with Gasteiger partial charge in [-0.25, -0.2) is 4.39 Å². The van der Waals surface area contributed by atoms with Gasteiger partial charge in [0.1, 0.15) is 10.9 Å². The number of amides is 1. The number of aromatic nitrogens is 1. The Hall–Kier alpha value is -3.52. The number of halogens is 1. The van der Waals surface area contributed by atoms with E-state index in [1.165, 1.54) is 28.9 Å². The van der Waals surface area contributed by atoms with Gasteiger partial charge in [0.05, 0.1) is 5.57 Å². The first-order valence-electron chi connectivity index (χ1n) is 10.3. The molecule has 160 valence electrons. The Labute approximate surface area is 188 Å². The number of rotatable bonds is 4. The maximum atomic E-state index is 13.3. The van der Waals surface area contributed by atoms with Crippen LogP contribution in [0.2, 0.25) is 0 Å². The molecule has 3 aromatic rings. The fraction of sp³-hybridized carbons (Fsp3) is 0.167. The zero-order valence-electron chi connectivity index (χ0n) is 17.6. The van der Waals surface area contributed by atoms with Crippen molar-refractivity contribution in [3.05, 3.63) is 76.7 Å². The number of amidine groups is 2. The van der Waals surface area contributed by atoms with Gasteiger partial charge in [-0.05, 0) is 54.9 Å². The van der Waals surface area contributed by atoms with E-state index in [0.29, 0.717) is 11.7 Å². The third-order valence-electron chi connectivity index (χ3n) is 5.62. The highest BCUT2D eigenvalue weighted by Gasteiger charge is 2.35. The monoisotopic (exact) mass is 445 g/mol. The topological polar surface area (TPSA) is 73.8 Å². The van der Waals surface area contributed by atoms with Gasteiger partial charge in [-0.3, -0.25) is 10.2 Å². The van der Waals surface area contributed by atoms with Crippen LogP contribution in [0.25, 0.3) is 17.0 Å². The van der Waals surface area contributed by atoms with Crippen molar-refractivity contribution in [2.24, 2.45) is 10.1 Å². The van der Waals surface area contributed by atoms with Crippen LogP contribution in [-0.4, -0.2) is 31.5 Å². The minimum Gasteiger partial charge on any atom is -0.340 e. The lowest BCUT2D eigenvalue weighted by molar-refractivity contribution is -0.114. The van der Waals surface area contributed by atoms with Crippen LogP contribution in [0.5, 0.6) is 0 Å². The highest BCUT2D eigenvalue weighted by molar-refractivity contribution is 8.26. The van der Waals surface area contributed by atoms with Crippen molar-refractivity contribution >= 4 is 50.7 Å². The van der Waals surface area contributed by atoms with Crippen LogP contribution in [0.3, 0.4) is 0 Å². The summed E-state index contributed by atoms with van der Waals surface area (Å²) in [6.45, 7) is 4.53. The van der Waals surface area contributed by atoms with E-state index in [0.717, 1.165) is 39.2 Å². The second-order valence-electron chi connectivity index (χ2n) is 7.60. The minimum absolute atomic E-state index is 0.0331. The van der Waals surface area contributed by atoms with E-state index in [1.807, 2.05) is 38.1 Å². The summed E-state index contributed by atoms with van der Waals surface area (Å²) in [6.07, 6.45) is 2.46. The molecule has 0 atom stereocenters. The molecule has 6 nitrogen and oxygen atoms in total. The summed E-state index contributed by atoms with van der Waals surface area (Å²) < 4.78 is 15.5. The maximum Gasteiger partial charge on any atom is 0.283 e. The molecule has 0 fully saturated rings. The summed E-state index contributed by atoms with van der Waals surface area (Å²) in [7, 11) is 0. The minimum atomic E-state index is -0.434. The van der Waals surface area contributed by atoms with Crippen LogP contribution in [-0.2, 0) is 11.3 Å². The highest BCUT2D eigenvalue weighted by atomic mass is 32.2. The van der Waals surface area contributed by atoms with Crippen molar-refractivity contribution in [1.29, 1.82) is 5.41 Å². The van der Waals surface area contributed by atoms with Crippen LogP contribution in [0.1, 0.15) is 30.2 Å². The second-order valence-corrected chi connectivity index (χ2v) is 8.64. The van der Waals surface area contributed by atoms with Gasteiger partial charge in [0.15, 0.2) is 5.84 Å². The Morgan fingerprint density at radius 1 is 1.16 bits per heavy atom. The lowest BCUT2D eigenvalue weighted by Gasteiger charge is -2.20. The van der Waals surface area contributed by atoms with Gasteiger partial charge in [-0.2, -0.15) is 15.1 Å². The van der Waals surface area contributed by atoms with Crippen LogP contribution in [0.4, 0.5) is 4.39 Å². The van der Waals surface area contributed by atoms with Gasteiger partial charge < -0.3 is 4.57 Å². The standard InChI is InChI=1S/C24H20FN5OS/c1-3-21-28-30-22(26)19(23(31)27-24(30)32-21)12-18-14(2)29(20-7-5-4-6-17(18)20)13-15-8-10-16(25)11-9-15/h4-12,26H,3,13H2,1-2H3. The molecule has 2 aromatic carbocycles. The van der Waals surface area contributed by atoms with Gasteiger partial charge in [-0.1, -0.05) is 37.3 Å². The molecule has 1 aromatic heterocycles. The first kappa shape index (κ1) is 20.4. The number of nitrogens with zero attached hydrogens (tertiary/aromatic N) is 4. The Kier molecular flexibility index (Phi) is 5.01. The summed E-state index contributed by atoms with van der Waals surface area (Å²) in [4.78, 5) is 17.0. The number of hydrogen-bond acceptors (Lipinski definition) is 4. The molecule has 3 heterocycles. The molecular weight excluding hydrogens is 425 g/mol. The van der Waals surface area contributed by atoms with Crippen molar-refractivity contribution in [3.8, 4) is 0 Å². The number of carbonyl (C=O) groups excluding carboxylic acids is 1. The van der Waals surface area contributed by atoms with E-state index in [4.69, 9.17) is 5.41 Å². The van der Waals surface area contributed by atoms with E-state index < -0.39 is 5.91 Å². The van der Waals surface area contributed by atoms with Crippen molar-refractivity contribution in [2.45, 2.75) is 26.8 Å². The molecule has 0 spiro atoms. The van der Waals surface area contributed by atoms with Crippen LogP contribution in [0, 0.1) is 18.2 Å². The largest absolute Gasteiger partial charge is 0.340 e. The number of benzene rings is 2. The lowest BCUT2D eigenvalue weighted by Crippen LogP contribution is -2.35. The molecule has 2 aliphatic rings. The molecule has 0 radical (unpaired) electrons. The van der Waals surface area contributed by atoms with Crippen molar-refractivity contribution < 1.29 is 9.18 Å². The van der Waals surface area contributed by atoms with Crippen molar-refractivity contribution in [3.63, 3.8) is 0 Å². The van der Waals surface area contributed by atoms with Gasteiger partial charge in [0, 0.05) is 28.7 Å². The highest BCUT2D eigenvalue weighted by Crippen LogP contribution is 2.32. The molecule has 32 heavy (non-hydrogen) atoms. The molecule has 2 aliphatic heterocycles. The van der Waals surface area contributed by atoms with Gasteiger partial charge >= 0.3 is 0 Å². The molecule has 0 bridgehead atoms. The van der Waals surface area contributed by atoms with Crippen LogP contribution >= 0.6 is 11.8 Å². The molecule has 1 amide bonds. The normalized spacial score (nSPS) is 17.2. The second kappa shape index (κ2) is 7.87. The summed E-state index contributed by atoms with van der Waals surface area (Å²) >= 11 is 1.33. The van der Waals surface area contributed by atoms with E-state index in [9.17, 15) is 9.18 Å². The van der Waals surface area contributed by atoms with Gasteiger partial charge in [-0.15, -0.1) is 0 Å². The number of fused-ring (bicyclic) bond motifs is 2. The first-order valence-corrected chi connectivity index (χ1v) is 11.1. The molecule has 0 unspecified atom stereocenters. The third-order valence-corrected chi connectivity index (χ3v) is 6.67. The van der Waals surface area contributed by atoms with Crippen molar-refractivity contribution in [2.75, 3.05) is 0 Å². The average molecular weight is 446 g/mol. The molecule has 0 aliphatic carbocycles. The summed E-state index contributed by atoms with van der Waals surface area (Å²) in [5, 5.41) is 16.7. The number of para-hydroxylation sites is 1. The zero-order valence-corrected chi connectivity index (χ0v) is 18.4. The molecular formula is C24H20FN5OS. The van der Waals surface area contributed by atoms with Crippen molar-refractivity contribution in [1.82, 2.24) is 9.58 Å². The molecule has 0 saturated carbocycles. The van der Waals surface area contributed by atoms with E-state index in [1.54, 1.807) is 18.2 Å². The molecule has 8 heteroatoms. The zero-order chi connectivity index (χ0) is 22.4. The van der Waals surface area contributed by atoms with Crippen LogP contribution < -0.4 is 0 Å². The predicted molar refractivity (Wildman–Crippen MR) is 127 cm³/mol. The number of thioether (sulfide) groups is 1. The molecule has 1 N–H and O–H groups in total. The Balaban J connectivity index is 1.61. The van der Waals surface area contributed by atoms with E-state index in [2.05, 4.69) is 14.7 Å². The fourth-order valence-electron chi connectivity index (χ4n) is 3.94. The average Bonchev–Trinajstić information content (AvgIpc) is 3.32. The summed E-state index contributed by atoms with van der Waals surface area (Å²) in [5.41, 5.74) is 4.00. The summed E-state index contributed by atoms with van der Waals surface area (Å²) in [5.74, 6) is -0.668. The quantitative estimate of drug-likeness (QED) is 0.563. The number of aliphatic imine (C=N–C) groups is 1.